The monoisotopic (exact) mass is 1310 g/mol. The van der Waals surface area contributed by atoms with Crippen LogP contribution in [0.15, 0.2) is 47.6 Å². The van der Waals surface area contributed by atoms with Gasteiger partial charge < -0.3 is 63.0 Å². The number of cyclic esters (lactones) is 2. The summed E-state index contributed by atoms with van der Waals surface area (Å²) in [6.07, 6.45) is 3.62. The highest BCUT2D eigenvalue weighted by atomic mass is 28.4. The van der Waals surface area contributed by atoms with Gasteiger partial charge in [0, 0.05) is 51.5 Å². The average Bonchev–Trinajstić information content (AvgIpc) is 1.25. The summed E-state index contributed by atoms with van der Waals surface area (Å²) in [7, 11) is -0.0134. The Morgan fingerprint density at radius 1 is 0.739 bits per heavy atom. The van der Waals surface area contributed by atoms with Crippen LogP contribution in [0.4, 0.5) is 0 Å². The second kappa shape index (κ2) is 40.0. The molecule has 2 unspecified atom stereocenters. The van der Waals surface area contributed by atoms with Crippen molar-refractivity contribution in [3.8, 4) is 5.75 Å². The fourth-order valence-electron chi connectivity index (χ4n) is 10.7. The molecule has 0 aromatic heterocycles. The molecule has 9 atom stereocenters. The molecule has 0 aliphatic carbocycles. The molecule has 518 valence electrons. The zero-order valence-electron chi connectivity index (χ0n) is 57.8. The lowest BCUT2D eigenvalue weighted by molar-refractivity contribution is -0.154. The number of nitrogens with one attached hydrogen (secondary N) is 3. The van der Waals surface area contributed by atoms with Gasteiger partial charge in [-0.1, -0.05) is 99.9 Å². The summed E-state index contributed by atoms with van der Waals surface area (Å²) in [5.41, 5.74) is 1.74. The van der Waals surface area contributed by atoms with Crippen molar-refractivity contribution in [1.82, 2.24) is 30.7 Å². The van der Waals surface area contributed by atoms with Crippen molar-refractivity contribution in [3.63, 3.8) is 0 Å². The summed E-state index contributed by atoms with van der Waals surface area (Å²) < 4.78 is 47.4. The molecule has 3 N–H and O–H groups in total. The number of rotatable bonds is 28. The summed E-state index contributed by atoms with van der Waals surface area (Å²) in [4.78, 5) is 139. The molecular weight excluding hydrogens is 1200 g/mol. The molecule has 2 aliphatic heterocycles. The van der Waals surface area contributed by atoms with Crippen LogP contribution in [0, 0.1) is 23.7 Å². The highest BCUT2D eigenvalue weighted by Crippen LogP contribution is 2.35. The van der Waals surface area contributed by atoms with Gasteiger partial charge in [0.05, 0.1) is 59.3 Å². The number of imide groups is 1. The summed E-state index contributed by atoms with van der Waals surface area (Å²) in [6.45, 7) is 29.6. The van der Waals surface area contributed by atoms with Crippen LogP contribution in [0.5, 0.6) is 5.75 Å². The Kier molecular flexibility index (Phi) is 34.7. The van der Waals surface area contributed by atoms with Crippen molar-refractivity contribution in [2.75, 3.05) is 80.0 Å². The smallest absolute Gasteiger partial charge is 0.343 e. The number of likely N-dealkylation sites (N-methyl/N-ethyl adjacent to an activating group) is 2. The first kappa shape index (κ1) is 79.9. The first-order valence-corrected chi connectivity index (χ1v) is 34.6. The minimum Gasteiger partial charge on any atom is -0.456 e. The number of carbonyl (C=O) groups is 10. The van der Waals surface area contributed by atoms with Gasteiger partial charge in [-0.25, -0.2) is 9.59 Å². The Labute approximate surface area is 546 Å². The number of likely N-dealkylation sites (tertiary alicyclic amines) is 1. The van der Waals surface area contributed by atoms with E-state index in [-0.39, 0.29) is 97.4 Å². The number of hydrogen-bond acceptors (Lipinski definition) is 18. The maximum atomic E-state index is 14.7. The Hall–Kier alpha value is -6.38. The Bertz CT molecular complexity index is 2660. The molecule has 92 heavy (non-hydrogen) atoms. The second-order valence-corrected chi connectivity index (χ2v) is 29.7. The molecule has 7 amide bonds. The topological polar surface area (TPSA) is 290 Å². The van der Waals surface area contributed by atoms with Gasteiger partial charge >= 0.3 is 26.5 Å². The van der Waals surface area contributed by atoms with Gasteiger partial charge in [0.25, 0.3) is 5.91 Å². The van der Waals surface area contributed by atoms with Gasteiger partial charge in [-0.2, -0.15) is 0 Å². The Balaban J connectivity index is 1.74. The number of allylic oxidation sites excluding steroid dienone is 2. The van der Waals surface area contributed by atoms with Gasteiger partial charge in [0.2, 0.25) is 35.4 Å². The predicted molar refractivity (Wildman–Crippen MR) is 347 cm³/mol. The van der Waals surface area contributed by atoms with Crippen molar-refractivity contribution in [1.29, 1.82) is 0 Å². The zero-order valence-corrected chi connectivity index (χ0v) is 58.8. The van der Waals surface area contributed by atoms with E-state index in [1.165, 1.54) is 37.7 Å². The Morgan fingerprint density at radius 3 is 1.89 bits per heavy atom. The minimum atomic E-state index is -2.80. The van der Waals surface area contributed by atoms with E-state index in [4.69, 9.17) is 37.3 Å². The van der Waals surface area contributed by atoms with E-state index in [1.54, 1.807) is 51.1 Å². The average molecular weight is 1310 g/mol. The van der Waals surface area contributed by atoms with Crippen LogP contribution in [-0.2, 0) is 86.9 Å². The summed E-state index contributed by atoms with van der Waals surface area (Å²) in [5, 5.41) is 8.17. The number of ether oxygens (including phenoxy) is 6. The van der Waals surface area contributed by atoms with Crippen molar-refractivity contribution in [3.05, 3.63) is 53.1 Å². The molecular formula is C67H108N6O18Si. The first-order valence-electron chi connectivity index (χ1n) is 32.7. The number of benzene rings is 1. The summed E-state index contributed by atoms with van der Waals surface area (Å²) >= 11 is 0. The van der Waals surface area contributed by atoms with E-state index >= 15 is 0 Å². The number of amides is 7. The van der Waals surface area contributed by atoms with Crippen LogP contribution >= 0.6 is 0 Å². The highest BCUT2D eigenvalue weighted by molar-refractivity contribution is 6.70. The van der Waals surface area contributed by atoms with E-state index in [9.17, 15) is 47.9 Å². The third-order valence-electron chi connectivity index (χ3n) is 16.7. The van der Waals surface area contributed by atoms with Crippen LogP contribution < -0.4 is 20.7 Å². The van der Waals surface area contributed by atoms with Crippen LogP contribution in [0.3, 0.4) is 0 Å². The van der Waals surface area contributed by atoms with Crippen molar-refractivity contribution in [2.24, 2.45) is 23.7 Å². The third-order valence-corrected chi connectivity index (χ3v) is 21.2. The molecule has 0 bridgehead atoms. The molecule has 2 heterocycles. The lowest BCUT2D eigenvalue weighted by Crippen LogP contribution is -2.57. The van der Waals surface area contributed by atoms with E-state index < -0.39 is 105 Å². The summed E-state index contributed by atoms with van der Waals surface area (Å²) in [6, 6.07) is 1.70. The minimum absolute atomic E-state index is 0.0380. The zero-order chi connectivity index (χ0) is 69.0. The molecule has 1 aromatic carbocycles. The fraction of sp³-hybridized carbons (Fsp3) is 0.701. The molecule has 0 radical (unpaired) electrons. The van der Waals surface area contributed by atoms with Gasteiger partial charge in [-0.3, -0.25) is 43.3 Å². The lowest BCUT2D eigenvalue weighted by Gasteiger charge is -2.37. The Morgan fingerprint density at radius 2 is 1.33 bits per heavy atom. The SMILES string of the molecule is C/C=C(\C)[C@H]1OC(=O)[C@@H](C)NC(=O)[C@H](C(C)CC)NC(=O)CN(C)C(=O)[C@@H](Cc2ccc(OC(=O)CCCO[Si](OCCOCCOCCOCCN3C(=O)CC(C)C3=O)(C(C)C)C(C)C)cc2)N(C)C(=O)[C@H](C)NC(=O)[C@@H](CC(C)C)OC(=O)/C(C)=C/CC[C@@H]1C. The quantitative estimate of drug-likeness (QED) is 0.0197. The van der Waals surface area contributed by atoms with Crippen LogP contribution in [0.1, 0.15) is 154 Å². The second-order valence-electron chi connectivity index (χ2n) is 25.4. The van der Waals surface area contributed by atoms with Crippen molar-refractivity contribution in [2.45, 2.75) is 203 Å². The van der Waals surface area contributed by atoms with Gasteiger partial charge in [0.15, 0.2) is 6.10 Å². The first-order chi connectivity index (χ1) is 43.4. The third kappa shape index (κ3) is 25.5. The number of nitrogens with zero attached hydrogens (tertiary/aromatic N) is 3. The molecule has 1 saturated heterocycles. The summed E-state index contributed by atoms with van der Waals surface area (Å²) in [5.74, 6) is -6.41. The largest absolute Gasteiger partial charge is 0.456 e. The molecule has 0 saturated carbocycles. The molecule has 3 rings (SSSR count). The van der Waals surface area contributed by atoms with Crippen LogP contribution in [0.2, 0.25) is 11.1 Å². The normalized spacial score (nSPS) is 24.0. The van der Waals surface area contributed by atoms with Crippen molar-refractivity contribution >= 4 is 67.8 Å². The number of carbonyl (C=O) groups excluding carboxylic acids is 10. The maximum Gasteiger partial charge on any atom is 0.343 e. The fourth-order valence-corrected chi connectivity index (χ4v) is 14.3. The molecule has 1 fully saturated rings. The lowest BCUT2D eigenvalue weighted by atomic mass is 9.93. The molecule has 0 spiro atoms. The molecule has 1 aromatic rings. The molecule has 24 nitrogen and oxygen atoms in total. The van der Waals surface area contributed by atoms with E-state index in [0.717, 1.165) is 10.5 Å². The van der Waals surface area contributed by atoms with Crippen LogP contribution in [-0.4, -0.2) is 199 Å². The highest BCUT2D eigenvalue weighted by Gasteiger charge is 2.45. The predicted octanol–water partition coefficient (Wildman–Crippen LogP) is 6.69. The number of hydrogen-bond donors (Lipinski definition) is 3. The number of esters is 3. The van der Waals surface area contributed by atoms with E-state index in [0.29, 0.717) is 70.9 Å². The standard InChI is InChI=1S/C67H108N6O18Si/c1-18-45(9)59-62(78)69-51(15)67(83)91-60(46(10)19-2)47(11)22-20-23-48(12)66(82)90-55(38-42(3)4)61(77)68-50(14)64(80)72(17)54(65(81)71(16)41-56(74)70-59)40-52-25-27-53(28-26-52)89-58(76)24-21-30-87-92(43(5)6,44(7)8)88-37-36-86-35-34-85-33-32-84-31-29-73-57(75)39-49(13)63(73)79/h19,23,25-28,42-45,47,49-51,54-55,59-60H,18,20-22,24,29-41H2,1-17H3,(H,68,77)(H,69,78)(H,70,74)/b46-19+,48-23+/t45?,47-,49?,50-,51+,54+,55+,59-,60+/m0/s1. The van der Waals surface area contributed by atoms with Gasteiger partial charge in [0.1, 0.15) is 36.0 Å². The van der Waals surface area contributed by atoms with Crippen LogP contribution in [0.25, 0.3) is 0 Å². The van der Waals surface area contributed by atoms with E-state index in [1.807, 2.05) is 47.6 Å². The van der Waals surface area contributed by atoms with Gasteiger partial charge in [-0.05, 0) is 112 Å². The van der Waals surface area contributed by atoms with Crippen molar-refractivity contribution < 1.29 is 85.2 Å². The molecule has 2 aliphatic rings. The maximum absolute atomic E-state index is 14.7. The van der Waals surface area contributed by atoms with E-state index in [2.05, 4.69) is 43.6 Å². The molecule has 25 heteroatoms. The van der Waals surface area contributed by atoms with Gasteiger partial charge in [-0.15, -0.1) is 0 Å².